The number of amides is 1. The minimum absolute atomic E-state index is 0.0522. The van der Waals surface area contributed by atoms with Gasteiger partial charge in [0.1, 0.15) is 12.3 Å². The van der Waals surface area contributed by atoms with E-state index in [1.54, 1.807) is 30.1 Å². The Hall–Kier alpha value is -3.02. The van der Waals surface area contributed by atoms with E-state index in [1.165, 1.54) is 4.57 Å². The van der Waals surface area contributed by atoms with Gasteiger partial charge in [-0.05, 0) is 36.8 Å². The summed E-state index contributed by atoms with van der Waals surface area (Å²) >= 11 is 0. The molecular weight excluding hydrogens is 320 g/mol. The number of carbonyl (C=O) groups excluding carboxylic acids is 1. The summed E-state index contributed by atoms with van der Waals surface area (Å²) in [6.45, 7) is 2.95. The molecule has 0 saturated heterocycles. The summed E-state index contributed by atoms with van der Waals surface area (Å²) in [6, 6.07) is 14.7. The van der Waals surface area contributed by atoms with Crippen molar-refractivity contribution in [3.05, 3.63) is 64.6 Å². The topological polar surface area (TPSA) is 64.7 Å². The summed E-state index contributed by atoms with van der Waals surface area (Å²) in [4.78, 5) is 26.0. The first kappa shape index (κ1) is 16.8. The minimum Gasteiger partial charge on any atom is -0.494 e. The van der Waals surface area contributed by atoms with Gasteiger partial charge in [-0.25, -0.2) is 4.79 Å². The molecular formula is C19H20N2O4. The lowest BCUT2D eigenvalue weighted by Crippen LogP contribution is -2.32. The standard InChI is InChI=1S/C19H20N2O4/c1-3-24-15-10-8-14(9-11-15)12-20(2)18(22)13-21-16-6-4-5-7-17(16)25-19(21)23/h4-11H,3,12-13H2,1-2H3. The number of hydrogen-bond donors (Lipinski definition) is 0. The van der Waals surface area contributed by atoms with E-state index in [0.29, 0.717) is 24.3 Å². The maximum atomic E-state index is 12.5. The third kappa shape index (κ3) is 3.74. The number of para-hydroxylation sites is 2. The summed E-state index contributed by atoms with van der Waals surface area (Å²) in [5.41, 5.74) is 2.09. The van der Waals surface area contributed by atoms with Crippen molar-refractivity contribution in [1.82, 2.24) is 9.47 Å². The fourth-order valence-electron chi connectivity index (χ4n) is 2.64. The Morgan fingerprint density at radius 1 is 1.16 bits per heavy atom. The zero-order chi connectivity index (χ0) is 17.8. The predicted octanol–water partition coefficient (Wildman–Crippen LogP) is 2.65. The number of fused-ring (bicyclic) bond motifs is 1. The van der Waals surface area contributed by atoms with Crippen molar-refractivity contribution in [1.29, 1.82) is 0 Å². The molecule has 0 aliphatic carbocycles. The molecule has 0 aliphatic heterocycles. The van der Waals surface area contributed by atoms with Crippen LogP contribution in [0.25, 0.3) is 11.1 Å². The highest BCUT2D eigenvalue weighted by Crippen LogP contribution is 2.14. The molecule has 0 N–H and O–H groups in total. The molecule has 6 nitrogen and oxygen atoms in total. The first-order valence-corrected chi connectivity index (χ1v) is 8.12. The van der Waals surface area contributed by atoms with Crippen LogP contribution in [0.3, 0.4) is 0 Å². The van der Waals surface area contributed by atoms with Crippen LogP contribution in [0.1, 0.15) is 12.5 Å². The second kappa shape index (κ2) is 7.25. The van der Waals surface area contributed by atoms with Gasteiger partial charge in [0.15, 0.2) is 5.58 Å². The maximum Gasteiger partial charge on any atom is 0.420 e. The van der Waals surface area contributed by atoms with E-state index < -0.39 is 5.76 Å². The first-order chi connectivity index (χ1) is 12.1. The van der Waals surface area contributed by atoms with Crippen LogP contribution in [0.5, 0.6) is 5.75 Å². The molecule has 1 amide bonds. The number of likely N-dealkylation sites (N-methyl/N-ethyl adjacent to an activating group) is 1. The summed E-state index contributed by atoms with van der Waals surface area (Å²) in [5.74, 6) is 0.114. The Bertz CT molecular complexity index is 924. The average molecular weight is 340 g/mol. The molecule has 0 atom stereocenters. The molecule has 25 heavy (non-hydrogen) atoms. The van der Waals surface area contributed by atoms with E-state index >= 15 is 0 Å². The Morgan fingerprint density at radius 3 is 2.60 bits per heavy atom. The third-order valence-electron chi connectivity index (χ3n) is 3.95. The summed E-state index contributed by atoms with van der Waals surface area (Å²) in [7, 11) is 1.71. The van der Waals surface area contributed by atoms with Gasteiger partial charge in [-0.2, -0.15) is 0 Å². The van der Waals surface area contributed by atoms with E-state index in [-0.39, 0.29) is 12.5 Å². The molecule has 1 heterocycles. The molecule has 0 saturated carbocycles. The molecule has 0 fully saturated rings. The van der Waals surface area contributed by atoms with Crippen molar-refractivity contribution >= 4 is 17.0 Å². The lowest BCUT2D eigenvalue weighted by molar-refractivity contribution is -0.131. The first-order valence-electron chi connectivity index (χ1n) is 8.12. The highest BCUT2D eigenvalue weighted by atomic mass is 16.5. The smallest absolute Gasteiger partial charge is 0.420 e. The SMILES string of the molecule is CCOc1ccc(CN(C)C(=O)Cn2c(=O)oc3ccccc32)cc1. The number of ether oxygens (including phenoxy) is 1. The van der Waals surface area contributed by atoms with Crippen molar-refractivity contribution in [3.8, 4) is 5.75 Å². The highest BCUT2D eigenvalue weighted by molar-refractivity contribution is 5.79. The zero-order valence-electron chi connectivity index (χ0n) is 14.3. The van der Waals surface area contributed by atoms with Crippen molar-refractivity contribution in [2.45, 2.75) is 20.0 Å². The minimum atomic E-state index is -0.524. The number of rotatable bonds is 6. The zero-order valence-corrected chi connectivity index (χ0v) is 14.3. The lowest BCUT2D eigenvalue weighted by Gasteiger charge is -2.17. The molecule has 0 aliphatic rings. The molecule has 0 bridgehead atoms. The molecule has 0 unspecified atom stereocenters. The van der Waals surface area contributed by atoms with Crippen LogP contribution in [0.2, 0.25) is 0 Å². The number of benzene rings is 2. The van der Waals surface area contributed by atoms with Crippen LogP contribution < -0.4 is 10.5 Å². The van der Waals surface area contributed by atoms with Gasteiger partial charge in [0.25, 0.3) is 0 Å². The quantitative estimate of drug-likeness (QED) is 0.692. The van der Waals surface area contributed by atoms with Gasteiger partial charge in [0.2, 0.25) is 5.91 Å². The highest BCUT2D eigenvalue weighted by Gasteiger charge is 2.15. The second-order valence-corrected chi connectivity index (χ2v) is 5.75. The molecule has 3 aromatic rings. The van der Waals surface area contributed by atoms with Gasteiger partial charge >= 0.3 is 5.76 Å². The Kier molecular flexibility index (Phi) is 4.88. The van der Waals surface area contributed by atoms with Gasteiger partial charge in [-0.15, -0.1) is 0 Å². The Balaban J connectivity index is 1.70. The van der Waals surface area contributed by atoms with Crippen molar-refractivity contribution < 1.29 is 13.9 Å². The molecule has 2 aromatic carbocycles. The molecule has 1 aromatic heterocycles. The van der Waals surface area contributed by atoms with Crippen molar-refractivity contribution in [2.75, 3.05) is 13.7 Å². The van der Waals surface area contributed by atoms with E-state index in [9.17, 15) is 9.59 Å². The van der Waals surface area contributed by atoms with Gasteiger partial charge in [-0.3, -0.25) is 9.36 Å². The fraction of sp³-hybridized carbons (Fsp3) is 0.263. The number of oxazole rings is 1. The Morgan fingerprint density at radius 2 is 1.88 bits per heavy atom. The number of carbonyl (C=O) groups is 1. The molecule has 3 rings (SSSR count). The fourth-order valence-corrected chi connectivity index (χ4v) is 2.64. The summed E-state index contributed by atoms with van der Waals surface area (Å²) in [6.07, 6.45) is 0. The molecule has 0 radical (unpaired) electrons. The molecule has 0 spiro atoms. The Labute approximate surface area is 145 Å². The lowest BCUT2D eigenvalue weighted by atomic mass is 10.2. The van der Waals surface area contributed by atoms with Crippen molar-refractivity contribution in [3.63, 3.8) is 0 Å². The summed E-state index contributed by atoms with van der Waals surface area (Å²) in [5, 5.41) is 0. The van der Waals surface area contributed by atoms with Crippen molar-refractivity contribution in [2.24, 2.45) is 0 Å². The molecule has 130 valence electrons. The van der Waals surface area contributed by atoms with E-state index in [1.807, 2.05) is 37.3 Å². The van der Waals surface area contributed by atoms with Crippen LogP contribution in [0, 0.1) is 0 Å². The van der Waals surface area contributed by atoms with Crippen LogP contribution in [-0.4, -0.2) is 29.0 Å². The van der Waals surface area contributed by atoms with Gasteiger partial charge in [-0.1, -0.05) is 24.3 Å². The monoisotopic (exact) mass is 340 g/mol. The van der Waals surface area contributed by atoms with E-state index in [2.05, 4.69) is 0 Å². The number of nitrogens with zero attached hydrogens (tertiary/aromatic N) is 2. The normalized spacial score (nSPS) is 10.8. The predicted molar refractivity (Wildman–Crippen MR) is 94.6 cm³/mol. The van der Waals surface area contributed by atoms with Gasteiger partial charge in [0.05, 0.1) is 12.1 Å². The largest absolute Gasteiger partial charge is 0.494 e. The number of aromatic nitrogens is 1. The number of hydrogen-bond acceptors (Lipinski definition) is 4. The van der Waals surface area contributed by atoms with Crippen LogP contribution in [0.15, 0.2) is 57.7 Å². The van der Waals surface area contributed by atoms with Crippen LogP contribution >= 0.6 is 0 Å². The van der Waals surface area contributed by atoms with Gasteiger partial charge < -0.3 is 14.1 Å². The summed E-state index contributed by atoms with van der Waals surface area (Å²) < 4.78 is 11.9. The average Bonchev–Trinajstić information content (AvgIpc) is 2.92. The van der Waals surface area contributed by atoms with Crippen LogP contribution in [-0.2, 0) is 17.9 Å². The molecule has 6 heteroatoms. The van der Waals surface area contributed by atoms with E-state index in [4.69, 9.17) is 9.15 Å². The second-order valence-electron chi connectivity index (χ2n) is 5.75. The van der Waals surface area contributed by atoms with Gasteiger partial charge in [0, 0.05) is 13.6 Å². The van der Waals surface area contributed by atoms with E-state index in [0.717, 1.165) is 11.3 Å². The van der Waals surface area contributed by atoms with Crippen LogP contribution in [0.4, 0.5) is 0 Å². The maximum absolute atomic E-state index is 12.5. The third-order valence-corrected chi connectivity index (χ3v) is 3.95.